The van der Waals surface area contributed by atoms with Crippen LogP contribution in [0.3, 0.4) is 0 Å². The molecular formula is C14H11BrO. The van der Waals surface area contributed by atoms with Crippen molar-refractivity contribution in [3.63, 3.8) is 0 Å². The van der Waals surface area contributed by atoms with E-state index in [4.69, 9.17) is 0 Å². The molecule has 0 saturated carbocycles. The van der Waals surface area contributed by atoms with E-state index >= 15 is 0 Å². The van der Waals surface area contributed by atoms with Crippen molar-refractivity contribution in [2.75, 3.05) is 0 Å². The van der Waals surface area contributed by atoms with E-state index in [0.29, 0.717) is 4.47 Å². The number of phenolic OH excluding ortho intramolecular Hbond substituents is 1. The lowest BCUT2D eigenvalue weighted by Gasteiger charge is -2.00. The molecule has 2 heteroatoms. The molecule has 0 aliphatic carbocycles. The quantitative estimate of drug-likeness (QED) is 0.809. The third kappa shape index (κ3) is 2.52. The van der Waals surface area contributed by atoms with Gasteiger partial charge in [0.2, 0.25) is 0 Å². The van der Waals surface area contributed by atoms with Crippen molar-refractivity contribution in [3.8, 4) is 5.75 Å². The molecule has 16 heavy (non-hydrogen) atoms. The normalized spacial score (nSPS) is 10.8. The predicted molar refractivity (Wildman–Crippen MR) is 71.2 cm³/mol. The molecule has 0 atom stereocenters. The van der Waals surface area contributed by atoms with E-state index < -0.39 is 0 Å². The molecule has 0 aliphatic heterocycles. The Hall–Kier alpha value is -1.54. The Morgan fingerprint density at radius 1 is 0.875 bits per heavy atom. The van der Waals surface area contributed by atoms with Gasteiger partial charge in [0.1, 0.15) is 5.75 Å². The highest BCUT2D eigenvalue weighted by molar-refractivity contribution is 9.10. The standard InChI is InChI=1S/C14H11BrO/c15-13-8-4-7-12(14(13)16)10-9-11-5-2-1-3-6-11/h1-10,16H. The van der Waals surface area contributed by atoms with Gasteiger partial charge in [0.25, 0.3) is 0 Å². The van der Waals surface area contributed by atoms with Crippen molar-refractivity contribution in [2.24, 2.45) is 0 Å². The Kier molecular flexibility index (Phi) is 3.42. The number of hydrogen-bond acceptors (Lipinski definition) is 1. The number of phenols is 1. The summed E-state index contributed by atoms with van der Waals surface area (Å²) in [6, 6.07) is 15.6. The van der Waals surface area contributed by atoms with Crippen LogP contribution in [0.2, 0.25) is 0 Å². The fourth-order valence-corrected chi connectivity index (χ4v) is 1.80. The number of aromatic hydroxyl groups is 1. The average molecular weight is 275 g/mol. The van der Waals surface area contributed by atoms with Crippen molar-refractivity contribution >= 4 is 28.1 Å². The van der Waals surface area contributed by atoms with Gasteiger partial charge in [0.05, 0.1) is 4.47 Å². The smallest absolute Gasteiger partial charge is 0.136 e. The lowest BCUT2D eigenvalue weighted by atomic mass is 10.1. The zero-order valence-electron chi connectivity index (χ0n) is 8.60. The predicted octanol–water partition coefficient (Wildman–Crippen LogP) is 4.33. The minimum absolute atomic E-state index is 0.273. The zero-order chi connectivity index (χ0) is 11.4. The number of para-hydroxylation sites is 1. The molecule has 0 amide bonds. The van der Waals surface area contributed by atoms with Crippen molar-refractivity contribution in [1.82, 2.24) is 0 Å². The Morgan fingerprint density at radius 2 is 1.62 bits per heavy atom. The summed E-state index contributed by atoms with van der Waals surface area (Å²) >= 11 is 3.29. The van der Waals surface area contributed by atoms with E-state index in [1.54, 1.807) is 0 Å². The first kappa shape index (κ1) is 11.0. The number of halogens is 1. The number of hydrogen-bond donors (Lipinski definition) is 1. The molecule has 0 spiro atoms. The van der Waals surface area contributed by atoms with Gasteiger partial charge >= 0.3 is 0 Å². The van der Waals surface area contributed by atoms with Gasteiger partial charge in [-0.25, -0.2) is 0 Å². The Bertz CT molecular complexity index is 503. The van der Waals surface area contributed by atoms with E-state index in [9.17, 15) is 5.11 Å². The summed E-state index contributed by atoms with van der Waals surface area (Å²) in [6.45, 7) is 0. The van der Waals surface area contributed by atoms with Crippen LogP contribution in [0, 0.1) is 0 Å². The maximum atomic E-state index is 9.78. The van der Waals surface area contributed by atoms with E-state index in [1.807, 2.05) is 60.7 Å². The summed E-state index contributed by atoms with van der Waals surface area (Å²) in [5.74, 6) is 0.273. The highest BCUT2D eigenvalue weighted by Gasteiger charge is 2.00. The van der Waals surface area contributed by atoms with E-state index in [0.717, 1.165) is 11.1 Å². The van der Waals surface area contributed by atoms with Crippen LogP contribution in [0.15, 0.2) is 53.0 Å². The highest BCUT2D eigenvalue weighted by atomic mass is 79.9. The lowest BCUT2D eigenvalue weighted by molar-refractivity contribution is 0.470. The molecule has 0 aromatic heterocycles. The maximum Gasteiger partial charge on any atom is 0.136 e. The fourth-order valence-electron chi connectivity index (χ4n) is 1.42. The maximum absolute atomic E-state index is 9.78. The summed E-state index contributed by atoms with van der Waals surface area (Å²) in [5.41, 5.74) is 1.92. The third-order valence-electron chi connectivity index (χ3n) is 2.27. The molecule has 2 rings (SSSR count). The second-order valence-corrected chi connectivity index (χ2v) is 4.28. The first-order valence-electron chi connectivity index (χ1n) is 4.98. The van der Waals surface area contributed by atoms with Gasteiger partial charge < -0.3 is 5.11 Å². The minimum atomic E-state index is 0.273. The van der Waals surface area contributed by atoms with Crippen molar-refractivity contribution < 1.29 is 5.11 Å². The Morgan fingerprint density at radius 3 is 2.38 bits per heavy atom. The van der Waals surface area contributed by atoms with Gasteiger partial charge in [0.15, 0.2) is 0 Å². The largest absolute Gasteiger partial charge is 0.506 e. The molecule has 0 radical (unpaired) electrons. The lowest BCUT2D eigenvalue weighted by Crippen LogP contribution is -1.76. The van der Waals surface area contributed by atoms with Gasteiger partial charge in [-0.2, -0.15) is 0 Å². The summed E-state index contributed by atoms with van der Waals surface area (Å²) in [5, 5.41) is 9.78. The first-order valence-corrected chi connectivity index (χ1v) is 5.77. The SMILES string of the molecule is Oc1c(Br)cccc1C=Cc1ccccc1. The second-order valence-electron chi connectivity index (χ2n) is 3.42. The minimum Gasteiger partial charge on any atom is -0.506 e. The zero-order valence-corrected chi connectivity index (χ0v) is 10.2. The van der Waals surface area contributed by atoms with Crippen LogP contribution in [0.1, 0.15) is 11.1 Å². The number of rotatable bonds is 2. The second kappa shape index (κ2) is 4.99. The summed E-state index contributed by atoms with van der Waals surface area (Å²) in [6.07, 6.45) is 3.87. The van der Waals surface area contributed by atoms with Crippen LogP contribution in [-0.2, 0) is 0 Å². The van der Waals surface area contributed by atoms with Crippen LogP contribution >= 0.6 is 15.9 Å². The molecule has 1 nitrogen and oxygen atoms in total. The van der Waals surface area contributed by atoms with Crippen LogP contribution in [0.4, 0.5) is 0 Å². The Balaban J connectivity index is 2.28. The molecular weight excluding hydrogens is 264 g/mol. The summed E-state index contributed by atoms with van der Waals surface area (Å²) in [7, 11) is 0. The van der Waals surface area contributed by atoms with Crippen LogP contribution in [0.25, 0.3) is 12.2 Å². The molecule has 0 saturated heterocycles. The van der Waals surface area contributed by atoms with Crippen molar-refractivity contribution in [3.05, 3.63) is 64.1 Å². The van der Waals surface area contributed by atoms with Crippen LogP contribution in [-0.4, -0.2) is 5.11 Å². The first-order chi connectivity index (χ1) is 7.77. The summed E-state index contributed by atoms with van der Waals surface area (Å²) < 4.78 is 0.711. The van der Waals surface area contributed by atoms with Gasteiger partial charge in [-0.1, -0.05) is 54.6 Å². The molecule has 0 unspecified atom stereocenters. The van der Waals surface area contributed by atoms with Crippen molar-refractivity contribution in [1.29, 1.82) is 0 Å². The molecule has 1 N–H and O–H groups in total. The van der Waals surface area contributed by atoms with Gasteiger partial charge in [-0.05, 0) is 27.6 Å². The van der Waals surface area contributed by atoms with Crippen LogP contribution in [0.5, 0.6) is 5.75 Å². The molecule has 2 aromatic rings. The highest BCUT2D eigenvalue weighted by Crippen LogP contribution is 2.28. The van der Waals surface area contributed by atoms with Crippen LogP contribution < -0.4 is 0 Å². The van der Waals surface area contributed by atoms with Gasteiger partial charge in [-0.3, -0.25) is 0 Å². The average Bonchev–Trinajstić information content (AvgIpc) is 2.32. The fraction of sp³-hybridized carbons (Fsp3) is 0. The summed E-state index contributed by atoms with van der Waals surface area (Å²) in [4.78, 5) is 0. The Labute approximate surface area is 103 Å². The topological polar surface area (TPSA) is 20.2 Å². The molecule has 2 aromatic carbocycles. The monoisotopic (exact) mass is 274 g/mol. The molecule has 0 heterocycles. The molecule has 0 fully saturated rings. The molecule has 0 aliphatic rings. The van der Waals surface area contributed by atoms with E-state index in [-0.39, 0.29) is 5.75 Å². The van der Waals surface area contributed by atoms with E-state index in [2.05, 4.69) is 15.9 Å². The number of benzene rings is 2. The molecule has 0 bridgehead atoms. The van der Waals surface area contributed by atoms with Gasteiger partial charge in [0, 0.05) is 5.56 Å². The van der Waals surface area contributed by atoms with Crippen molar-refractivity contribution in [2.45, 2.75) is 0 Å². The van der Waals surface area contributed by atoms with Gasteiger partial charge in [-0.15, -0.1) is 0 Å². The molecule has 80 valence electrons. The third-order valence-corrected chi connectivity index (χ3v) is 2.91. The van der Waals surface area contributed by atoms with E-state index in [1.165, 1.54) is 0 Å².